The van der Waals surface area contributed by atoms with Crippen molar-refractivity contribution >= 4 is 23.3 Å². The van der Waals surface area contributed by atoms with Crippen LogP contribution in [0.3, 0.4) is 0 Å². The third-order valence-electron chi connectivity index (χ3n) is 2.74. The maximum absolute atomic E-state index is 13.0. The number of furan rings is 1. The van der Waals surface area contributed by atoms with Gasteiger partial charge in [-0.1, -0.05) is 11.6 Å². The quantitative estimate of drug-likeness (QED) is 0.866. The Kier molecular flexibility index (Phi) is 4.29. The lowest BCUT2D eigenvalue weighted by molar-refractivity contribution is 0.0562. The predicted octanol–water partition coefficient (Wildman–Crippen LogP) is 4.03. The van der Waals surface area contributed by atoms with Crippen LogP contribution in [0, 0.1) is 5.82 Å². The van der Waals surface area contributed by atoms with Gasteiger partial charge in [0.15, 0.2) is 0 Å². The molecular weight excluding hydrogens is 285 g/mol. The number of ether oxygens (including phenoxy) is 1. The second-order valence-electron chi connectivity index (χ2n) is 4.18. The first-order chi connectivity index (χ1) is 9.51. The molecule has 20 heavy (non-hydrogen) atoms. The Morgan fingerprint density at radius 2 is 2.15 bits per heavy atom. The fourth-order valence-electron chi connectivity index (χ4n) is 1.71. The second-order valence-corrected chi connectivity index (χ2v) is 4.59. The second kappa shape index (κ2) is 5.96. The van der Waals surface area contributed by atoms with Crippen molar-refractivity contribution in [3.8, 4) is 0 Å². The van der Waals surface area contributed by atoms with Crippen molar-refractivity contribution in [3.05, 3.63) is 52.7 Å². The predicted molar refractivity (Wildman–Crippen MR) is 73.5 cm³/mol. The summed E-state index contributed by atoms with van der Waals surface area (Å²) in [6.45, 7) is 1.83. The molecule has 0 spiro atoms. The summed E-state index contributed by atoms with van der Waals surface area (Å²) < 4.78 is 22.9. The molecule has 1 unspecified atom stereocenters. The summed E-state index contributed by atoms with van der Waals surface area (Å²) in [5, 5.41) is 3.35. The molecule has 1 aromatic heterocycles. The van der Waals surface area contributed by atoms with Crippen molar-refractivity contribution in [3.63, 3.8) is 0 Å². The van der Waals surface area contributed by atoms with Gasteiger partial charge in [0.1, 0.15) is 11.6 Å². The Morgan fingerprint density at radius 3 is 2.80 bits per heavy atom. The van der Waals surface area contributed by atoms with E-state index in [0.29, 0.717) is 11.4 Å². The standard InChI is InChI=1S/C14H13ClFNO3/c1-8(12-5-6-13(20-12)14(18)19-2)17-11-4-3-9(16)7-10(11)15/h3-8,17H,1-2H3. The Bertz CT molecular complexity index is 627. The van der Waals surface area contributed by atoms with Gasteiger partial charge in [-0.25, -0.2) is 9.18 Å². The van der Waals surface area contributed by atoms with Crippen LogP contribution in [0.1, 0.15) is 29.3 Å². The van der Waals surface area contributed by atoms with Gasteiger partial charge in [0, 0.05) is 0 Å². The van der Waals surface area contributed by atoms with E-state index in [9.17, 15) is 9.18 Å². The molecule has 1 aromatic carbocycles. The number of halogens is 2. The highest BCUT2D eigenvalue weighted by atomic mass is 35.5. The topological polar surface area (TPSA) is 51.5 Å². The summed E-state index contributed by atoms with van der Waals surface area (Å²) in [4.78, 5) is 11.3. The van der Waals surface area contributed by atoms with E-state index in [4.69, 9.17) is 16.0 Å². The van der Waals surface area contributed by atoms with E-state index < -0.39 is 11.8 Å². The zero-order valence-corrected chi connectivity index (χ0v) is 11.7. The molecular formula is C14H13ClFNO3. The van der Waals surface area contributed by atoms with E-state index in [1.165, 1.54) is 25.3 Å². The van der Waals surface area contributed by atoms with Gasteiger partial charge in [-0.3, -0.25) is 0 Å². The number of hydrogen-bond donors (Lipinski definition) is 1. The Labute approximate surface area is 120 Å². The first kappa shape index (κ1) is 14.4. The van der Waals surface area contributed by atoms with Gasteiger partial charge in [0.05, 0.1) is 23.9 Å². The minimum absolute atomic E-state index is 0.126. The van der Waals surface area contributed by atoms with E-state index in [2.05, 4.69) is 10.1 Å². The largest absolute Gasteiger partial charge is 0.463 e. The number of rotatable bonds is 4. The molecule has 6 heteroatoms. The summed E-state index contributed by atoms with van der Waals surface area (Å²) in [7, 11) is 1.28. The van der Waals surface area contributed by atoms with Crippen LogP contribution in [-0.4, -0.2) is 13.1 Å². The van der Waals surface area contributed by atoms with Gasteiger partial charge in [0.2, 0.25) is 5.76 Å². The van der Waals surface area contributed by atoms with Crippen LogP contribution >= 0.6 is 11.6 Å². The summed E-state index contributed by atoms with van der Waals surface area (Å²) in [5.74, 6) is -0.269. The molecule has 1 heterocycles. The third-order valence-corrected chi connectivity index (χ3v) is 3.06. The molecule has 0 aliphatic heterocycles. The van der Waals surface area contributed by atoms with Crippen molar-refractivity contribution in [2.24, 2.45) is 0 Å². The molecule has 0 bridgehead atoms. The zero-order valence-electron chi connectivity index (χ0n) is 10.9. The van der Waals surface area contributed by atoms with Crippen molar-refractivity contribution in [2.45, 2.75) is 13.0 Å². The average Bonchev–Trinajstić information content (AvgIpc) is 2.90. The average molecular weight is 298 g/mol. The van der Waals surface area contributed by atoms with Gasteiger partial charge >= 0.3 is 5.97 Å². The molecule has 0 saturated carbocycles. The maximum Gasteiger partial charge on any atom is 0.373 e. The van der Waals surface area contributed by atoms with Gasteiger partial charge in [-0.05, 0) is 37.3 Å². The number of anilines is 1. The molecule has 0 radical (unpaired) electrons. The van der Waals surface area contributed by atoms with Crippen molar-refractivity contribution in [2.75, 3.05) is 12.4 Å². The number of hydrogen-bond acceptors (Lipinski definition) is 4. The van der Waals surface area contributed by atoms with Crippen LogP contribution in [0.25, 0.3) is 0 Å². The zero-order chi connectivity index (χ0) is 14.7. The Morgan fingerprint density at radius 1 is 1.40 bits per heavy atom. The number of nitrogens with one attached hydrogen (secondary N) is 1. The minimum Gasteiger partial charge on any atom is -0.463 e. The molecule has 1 atom stereocenters. The van der Waals surface area contributed by atoms with Crippen molar-refractivity contribution in [1.29, 1.82) is 0 Å². The molecule has 0 aliphatic carbocycles. The molecule has 0 fully saturated rings. The molecule has 1 N–H and O–H groups in total. The highest BCUT2D eigenvalue weighted by molar-refractivity contribution is 6.33. The van der Waals surface area contributed by atoms with Crippen LogP contribution in [0.4, 0.5) is 10.1 Å². The number of carbonyl (C=O) groups is 1. The smallest absolute Gasteiger partial charge is 0.373 e. The normalized spacial score (nSPS) is 12.0. The lowest BCUT2D eigenvalue weighted by Crippen LogP contribution is -2.06. The van der Waals surface area contributed by atoms with Gasteiger partial charge in [0.25, 0.3) is 0 Å². The number of carbonyl (C=O) groups excluding carboxylic acids is 1. The van der Waals surface area contributed by atoms with Crippen LogP contribution in [0.2, 0.25) is 5.02 Å². The summed E-state index contributed by atoms with van der Waals surface area (Å²) in [6, 6.07) is 7.03. The summed E-state index contributed by atoms with van der Waals surface area (Å²) in [5.41, 5.74) is 0.580. The van der Waals surface area contributed by atoms with Gasteiger partial charge in [-0.2, -0.15) is 0 Å². The highest BCUT2D eigenvalue weighted by Gasteiger charge is 2.16. The van der Waals surface area contributed by atoms with Crippen molar-refractivity contribution in [1.82, 2.24) is 0 Å². The fraction of sp³-hybridized carbons (Fsp3) is 0.214. The molecule has 0 saturated heterocycles. The van der Waals surface area contributed by atoms with Crippen LogP contribution in [-0.2, 0) is 4.74 Å². The van der Waals surface area contributed by atoms with Crippen LogP contribution in [0.5, 0.6) is 0 Å². The summed E-state index contributed by atoms with van der Waals surface area (Å²) >= 11 is 5.93. The Balaban J connectivity index is 2.13. The van der Waals surface area contributed by atoms with Gasteiger partial charge < -0.3 is 14.5 Å². The lowest BCUT2D eigenvalue weighted by atomic mass is 10.2. The molecule has 0 amide bonds. The minimum atomic E-state index is -0.539. The maximum atomic E-state index is 13.0. The summed E-state index contributed by atoms with van der Waals surface area (Å²) in [6.07, 6.45) is 0. The fourth-order valence-corrected chi connectivity index (χ4v) is 1.93. The SMILES string of the molecule is COC(=O)c1ccc(C(C)Nc2ccc(F)cc2Cl)o1. The van der Waals surface area contributed by atoms with Crippen LogP contribution < -0.4 is 5.32 Å². The van der Waals surface area contributed by atoms with E-state index in [0.717, 1.165) is 0 Å². The van der Waals surface area contributed by atoms with E-state index >= 15 is 0 Å². The number of benzene rings is 1. The van der Waals surface area contributed by atoms with Crippen LogP contribution in [0.15, 0.2) is 34.7 Å². The number of esters is 1. The van der Waals surface area contributed by atoms with Gasteiger partial charge in [-0.15, -0.1) is 0 Å². The molecule has 4 nitrogen and oxygen atoms in total. The molecule has 2 aromatic rings. The van der Waals surface area contributed by atoms with E-state index in [1.54, 1.807) is 12.1 Å². The molecule has 0 aliphatic rings. The monoisotopic (exact) mass is 297 g/mol. The molecule has 2 rings (SSSR count). The van der Waals surface area contributed by atoms with E-state index in [1.807, 2.05) is 6.92 Å². The lowest BCUT2D eigenvalue weighted by Gasteiger charge is -2.14. The van der Waals surface area contributed by atoms with E-state index in [-0.39, 0.29) is 16.8 Å². The first-order valence-corrected chi connectivity index (χ1v) is 6.28. The molecule has 106 valence electrons. The Hall–Kier alpha value is -2.01. The highest BCUT2D eigenvalue weighted by Crippen LogP contribution is 2.27. The first-order valence-electron chi connectivity index (χ1n) is 5.91. The third kappa shape index (κ3) is 3.11. The number of methoxy groups -OCH3 is 1. The van der Waals surface area contributed by atoms with Crippen molar-refractivity contribution < 1.29 is 18.3 Å².